The molecule has 0 aromatic heterocycles. The molecule has 5 heteroatoms. The molecule has 1 N–H and O–H groups in total. The number of hydrogen-bond donors (Lipinski definition) is 1. The zero-order valence-corrected chi connectivity index (χ0v) is 17.1. The van der Waals surface area contributed by atoms with E-state index in [9.17, 15) is 9.59 Å². The molecule has 2 aromatic rings. The van der Waals surface area contributed by atoms with Gasteiger partial charge in [-0.25, -0.2) is 0 Å². The first-order valence-electron chi connectivity index (χ1n) is 10.5. The van der Waals surface area contributed by atoms with Crippen molar-refractivity contribution in [1.29, 1.82) is 0 Å². The largest absolute Gasteiger partial charge is 0.457 e. The number of nitrogens with one attached hydrogen (secondary N) is 1. The van der Waals surface area contributed by atoms with Crippen LogP contribution in [0.1, 0.15) is 51.9 Å². The molecule has 0 atom stereocenters. The minimum absolute atomic E-state index is 0.0205. The maximum absolute atomic E-state index is 12.4. The third kappa shape index (κ3) is 6.63. The first-order chi connectivity index (χ1) is 14.1. The second-order valence-corrected chi connectivity index (χ2v) is 7.59. The molecule has 154 valence electrons. The summed E-state index contributed by atoms with van der Waals surface area (Å²) >= 11 is 0. The van der Waals surface area contributed by atoms with E-state index < -0.39 is 0 Å². The Morgan fingerprint density at radius 2 is 1.55 bits per heavy atom. The van der Waals surface area contributed by atoms with Gasteiger partial charge in [0.15, 0.2) is 0 Å². The van der Waals surface area contributed by atoms with E-state index in [0.717, 1.165) is 24.3 Å². The van der Waals surface area contributed by atoms with Crippen molar-refractivity contribution in [2.24, 2.45) is 0 Å². The highest BCUT2D eigenvalue weighted by atomic mass is 16.5. The highest BCUT2D eigenvalue weighted by Crippen LogP contribution is 2.24. The van der Waals surface area contributed by atoms with Crippen molar-refractivity contribution in [1.82, 2.24) is 5.32 Å². The molecular formula is C24H30N2O3. The highest BCUT2D eigenvalue weighted by molar-refractivity contribution is 5.92. The van der Waals surface area contributed by atoms with E-state index in [1.807, 2.05) is 54.6 Å². The van der Waals surface area contributed by atoms with Crippen LogP contribution in [0, 0.1) is 0 Å². The summed E-state index contributed by atoms with van der Waals surface area (Å²) in [6.07, 6.45) is 7.31. The first kappa shape index (κ1) is 20.9. The minimum atomic E-state index is -0.0796. The Morgan fingerprint density at radius 1 is 0.931 bits per heavy atom. The lowest BCUT2D eigenvalue weighted by atomic mass is 10.1. The quantitative estimate of drug-likeness (QED) is 0.668. The summed E-state index contributed by atoms with van der Waals surface area (Å²) in [5.41, 5.74) is 0.764. The molecular weight excluding hydrogens is 364 g/mol. The maximum Gasteiger partial charge on any atom is 0.223 e. The van der Waals surface area contributed by atoms with Gasteiger partial charge in [-0.05, 0) is 49.2 Å². The van der Waals surface area contributed by atoms with Crippen molar-refractivity contribution in [2.45, 2.75) is 57.9 Å². The zero-order chi connectivity index (χ0) is 20.5. The molecule has 0 saturated heterocycles. The standard InChI is InChI=1S/C24H30N2O3/c1-19(27)26(18-17-24(28)25-20-9-5-2-3-6-10-20)21-13-15-23(16-14-21)29-22-11-7-4-8-12-22/h4,7-8,11-16,20H,2-3,5-6,9-10,17-18H2,1H3,(H,25,28). The summed E-state index contributed by atoms with van der Waals surface area (Å²) in [5, 5.41) is 3.14. The van der Waals surface area contributed by atoms with Crippen LogP contribution in [0.25, 0.3) is 0 Å². The molecule has 0 spiro atoms. The number of carbonyl (C=O) groups is 2. The summed E-state index contributed by atoms with van der Waals surface area (Å²) in [6, 6.07) is 17.2. The number of nitrogens with zero attached hydrogens (tertiary/aromatic N) is 1. The molecule has 0 unspecified atom stereocenters. The number of carbonyl (C=O) groups excluding carboxylic acids is 2. The molecule has 3 rings (SSSR count). The van der Waals surface area contributed by atoms with Crippen molar-refractivity contribution in [3.05, 3.63) is 54.6 Å². The Hall–Kier alpha value is -2.82. The Labute approximate surface area is 173 Å². The van der Waals surface area contributed by atoms with Crippen LogP contribution in [0.4, 0.5) is 5.69 Å². The molecule has 1 aliphatic rings. The van der Waals surface area contributed by atoms with Gasteiger partial charge in [0.05, 0.1) is 0 Å². The fourth-order valence-electron chi connectivity index (χ4n) is 3.72. The molecule has 1 saturated carbocycles. The van der Waals surface area contributed by atoms with E-state index in [1.54, 1.807) is 4.90 Å². The Morgan fingerprint density at radius 3 is 2.17 bits per heavy atom. The number of hydrogen-bond acceptors (Lipinski definition) is 3. The maximum atomic E-state index is 12.4. The summed E-state index contributed by atoms with van der Waals surface area (Å²) < 4.78 is 5.80. The summed E-state index contributed by atoms with van der Waals surface area (Å²) in [4.78, 5) is 26.1. The Bertz CT molecular complexity index is 782. The second kappa shape index (κ2) is 10.6. The monoisotopic (exact) mass is 394 g/mol. The lowest BCUT2D eigenvalue weighted by Gasteiger charge is -2.22. The van der Waals surface area contributed by atoms with Gasteiger partial charge in [0.25, 0.3) is 0 Å². The van der Waals surface area contributed by atoms with Gasteiger partial charge in [0, 0.05) is 31.6 Å². The first-order valence-corrected chi connectivity index (χ1v) is 10.5. The van der Waals surface area contributed by atoms with Crippen LogP contribution < -0.4 is 15.0 Å². The second-order valence-electron chi connectivity index (χ2n) is 7.59. The number of amides is 2. The van der Waals surface area contributed by atoms with Gasteiger partial charge in [-0.1, -0.05) is 43.9 Å². The van der Waals surface area contributed by atoms with Gasteiger partial charge in [-0.2, -0.15) is 0 Å². The fraction of sp³-hybridized carbons (Fsp3) is 0.417. The molecule has 2 amide bonds. The van der Waals surface area contributed by atoms with E-state index in [0.29, 0.717) is 18.7 Å². The van der Waals surface area contributed by atoms with Crippen LogP contribution in [0.3, 0.4) is 0 Å². The Kier molecular flexibility index (Phi) is 7.68. The number of anilines is 1. The average Bonchev–Trinajstić information content (AvgIpc) is 2.98. The van der Waals surface area contributed by atoms with Gasteiger partial charge in [-0.3, -0.25) is 9.59 Å². The summed E-state index contributed by atoms with van der Waals surface area (Å²) in [7, 11) is 0. The number of para-hydroxylation sites is 1. The Balaban J connectivity index is 1.54. The SMILES string of the molecule is CC(=O)N(CCC(=O)NC1CCCCCC1)c1ccc(Oc2ccccc2)cc1. The molecule has 0 bridgehead atoms. The third-order valence-corrected chi connectivity index (χ3v) is 5.29. The highest BCUT2D eigenvalue weighted by Gasteiger charge is 2.17. The molecule has 1 aliphatic carbocycles. The van der Waals surface area contributed by atoms with E-state index in [2.05, 4.69) is 5.32 Å². The van der Waals surface area contributed by atoms with Crippen molar-refractivity contribution < 1.29 is 14.3 Å². The number of ether oxygens (including phenoxy) is 1. The van der Waals surface area contributed by atoms with Crippen LogP contribution in [-0.4, -0.2) is 24.4 Å². The molecule has 0 heterocycles. The van der Waals surface area contributed by atoms with Crippen LogP contribution in [0.5, 0.6) is 11.5 Å². The van der Waals surface area contributed by atoms with E-state index in [-0.39, 0.29) is 17.9 Å². The topological polar surface area (TPSA) is 58.6 Å². The van der Waals surface area contributed by atoms with Gasteiger partial charge >= 0.3 is 0 Å². The van der Waals surface area contributed by atoms with Gasteiger partial charge in [0.2, 0.25) is 11.8 Å². The lowest BCUT2D eigenvalue weighted by molar-refractivity contribution is -0.121. The summed E-state index contributed by atoms with van der Waals surface area (Å²) in [5.74, 6) is 1.41. The third-order valence-electron chi connectivity index (χ3n) is 5.29. The summed E-state index contributed by atoms with van der Waals surface area (Å²) in [6.45, 7) is 1.89. The van der Waals surface area contributed by atoms with Crippen molar-refractivity contribution in [3.8, 4) is 11.5 Å². The molecule has 5 nitrogen and oxygen atoms in total. The van der Waals surface area contributed by atoms with Gasteiger partial charge in [0.1, 0.15) is 11.5 Å². The van der Waals surface area contributed by atoms with Gasteiger partial charge in [-0.15, -0.1) is 0 Å². The zero-order valence-electron chi connectivity index (χ0n) is 17.1. The fourth-order valence-corrected chi connectivity index (χ4v) is 3.72. The van der Waals surface area contributed by atoms with Crippen molar-refractivity contribution in [3.63, 3.8) is 0 Å². The molecule has 2 aromatic carbocycles. The van der Waals surface area contributed by atoms with Crippen molar-refractivity contribution in [2.75, 3.05) is 11.4 Å². The number of benzene rings is 2. The van der Waals surface area contributed by atoms with E-state index in [1.165, 1.54) is 32.6 Å². The minimum Gasteiger partial charge on any atom is -0.457 e. The molecule has 0 aliphatic heterocycles. The predicted molar refractivity (Wildman–Crippen MR) is 115 cm³/mol. The average molecular weight is 395 g/mol. The normalized spacial score (nSPS) is 14.7. The van der Waals surface area contributed by atoms with E-state index in [4.69, 9.17) is 4.74 Å². The molecule has 0 radical (unpaired) electrons. The van der Waals surface area contributed by atoms with Crippen LogP contribution in [0.2, 0.25) is 0 Å². The van der Waals surface area contributed by atoms with Crippen molar-refractivity contribution >= 4 is 17.5 Å². The smallest absolute Gasteiger partial charge is 0.223 e. The lowest BCUT2D eigenvalue weighted by Crippen LogP contribution is -2.38. The van der Waals surface area contributed by atoms with Crippen LogP contribution >= 0.6 is 0 Å². The molecule has 1 fully saturated rings. The van der Waals surface area contributed by atoms with Gasteiger partial charge < -0.3 is 15.0 Å². The predicted octanol–water partition coefficient (Wildman–Crippen LogP) is 5.06. The number of rotatable bonds is 7. The van der Waals surface area contributed by atoms with E-state index >= 15 is 0 Å². The van der Waals surface area contributed by atoms with Crippen LogP contribution in [-0.2, 0) is 9.59 Å². The molecule has 29 heavy (non-hydrogen) atoms. The van der Waals surface area contributed by atoms with Crippen LogP contribution in [0.15, 0.2) is 54.6 Å².